The minimum absolute atomic E-state index is 0.463. The topological polar surface area (TPSA) is 75.4 Å². The van der Waals surface area contributed by atoms with E-state index in [9.17, 15) is 8.42 Å². The van der Waals surface area contributed by atoms with E-state index < -0.39 is 10.2 Å². The second-order valence-corrected chi connectivity index (χ2v) is 7.24. The zero-order valence-corrected chi connectivity index (χ0v) is 12.4. The predicted octanol–water partition coefficient (Wildman–Crippen LogP) is 0.928. The molecule has 0 aliphatic carbocycles. The Balaban J connectivity index is 2.31. The Morgan fingerprint density at radius 1 is 1.50 bits per heavy atom. The number of hydrogen-bond acceptors (Lipinski definition) is 3. The van der Waals surface area contributed by atoms with Crippen LogP contribution in [-0.4, -0.2) is 38.9 Å². The SMILES string of the molecule is CC(CN)CCCNS(=O)(=O)N1CCCC(C)C1. The standard InChI is InChI=1S/C12H27N3O2S/c1-11(9-13)5-3-7-14-18(16,17)15-8-4-6-12(2)10-15/h11-12,14H,3-10,13H2,1-2H3. The number of rotatable bonds is 7. The van der Waals surface area contributed by atoms with Crippen molar-refractivity contribution < 1.29 is 8.42 Å². The summed E-state index contributed by atoms with van der Waals surface area (Å²) in [5, 5.41) is 0. The van der Waals surface area contributed by atoms with Gasteiger partial charge in [0.2, 0.25) is 0 Å². The summed E-state index contributed by atoms with van der Waals surface area (Å²) in [5.74, 6) is 0.928. The largest absolute Gasteiger partial charge is 0.330 e. The van der Waals surface area contributed by atoms with Gasteiger partial charge in [-0.2, -0.15) is 12.7 Å². The van der Waals surface area contributed by atoms with Gasteiger partial charge in [0, 0.05) is 19.6 Å². The molecule has 5 nitrogen and oxygen atoms in total. The zero-order valence-electron chi connectivity index (χ0n) is 11.6. The van der Waals surface area contributed by atoms with Crippen LogP contribution in [0.25, 0.3) is 0 Å². The smallest absolute Gasteiger partial charge is 0.279 e. The van der Waals surface area contributed by atoms with Gasteiger partial charge in [0.25, 0.3) is 10.2 Å². The fourth-order valence-electron chi connectivity index (χ4n) is 2.23. The molecule has 1 heterocycles. The molecule has 0 amide bonds. The van der Waals surface area contributed by atoms with Gasteiger partial charge in [0.15, 0.2) is 0 Å². The van der Waals surface area contributed by atoms with Gasteiger partial charge in [-0.25, -0.2) is 4.72 Å². The summed E-state index contributed by atoms with van der Waals surface area (Å²) in [5.41, 5.74) is 5.53. The molecular formula is C12H27N3O2S. The lowest BCUT2D eigenvalue weighted by molar-refractivity contribution is 0.278. The van der Waals surface area contributed by atoms with Crippen LogP contribution in [0.3, 0.4) is 0 Å². The van der Waals surface area contributed by atoms with E-state index in [1.54, 1.807) is 4.31 Å². The van der Waals surface area contributed by atoms with Crippen molar-refractivity contribution in [3.05, 3.63) is 0 Å². The van der Waals surface area contributed by atoms with Crippen molar-refractivity contribution in [1.29, 1.82) is 0 Å². The van der Waals surface area contributed by atoms with Gasteiger partial charge in [0.1, 0.15) is 0 Å². The lowest BCUT2D eigenvalue weighted by atomic mass is 10.0. The summed E-state index contributed by atoms with van der Waals surface area (Å²) in [4.78, 5) is 0. The van der Waals surface area contributed by atoms with E-state index >= 15 is 0 Å². The second kappa shape index (κ2) is 7.43. The highest BCUT2D eigenvalue weighted by atomic mass is 32.2. The van der Waals surface area contributed by atoms with Crippen molar-refractivity contribution in [1.82, 2.24) is 9.03 Å². The summed E-state index contributed by atoms with van der Waals surface area (Å²) < 4.78 is 28.3. The van der Waals surface area contributed by atoms with Crippen LogP contribution in [0.2, 0.25) is 0 Å². The number of nitrogens with one attached hydrogen (secondary N) is 1. The van der Waals surface area contributed by atoms with Gasteiger partial charge in [-0.15, -0.1) is 0 Å². The quantitative estimate of drug-likeness (QED) is 0.680. The number of nitrogens with two attached hydrogens (primary N) is 1. The summed E-state index contributed by atoms with van der Waals surface area (Å²) in [6.45, 7) is 6.66. The van der Waals surface area contributed by atoms with E-state index in [1.165, 1.54) is 0 Å². The van der Waals surface area contributed by atoms with Crippen molar-refractivity contribution in [2.24, 2.45) is 17.6 Å². The third-order valence-corrected chi connectivity index (χ3v) is 5.10. The molecule has 2 unspecified atom stereocenters. The Kier molecular flexibility index (Phi) is 6.55. The fraction of sp³-hybridized carbons (Fsp3) is 1.00. The third-order valence-electron chi connectivity index (χ3n) is 3.52. The average molecular weight is 277 g/mol. The molecule has 0 saturated carbocycles. The molecule has 1 rings (SSSR count). The Morgan fingerprint density at radius 3 is 2.83 bits per heavy atom. The highest BCUT2D eigenvalue weighted by Crippen LogP contribution is 2.17. The fourth-order valence-corrected chi connectivity index (χ4v) is 3.63. The molecule has 6 heteroatoms. The molecule has 0 aromatic heterocycles. The third kappa shape index (κ3) is 5.22. The maximum Gasteiger partial charge on any atom is 0.279 e. The summed E-state index contributed by atoms with van der Waals surface area (Å²) in [6.07, 6.45) is 3.91. The van der Waals surface area contributed by atoms with Crippen molar-refractivity contribution in [2.75, 3.05) is 26.2 Å². The van der Waals surface area contributed by atoms with Crippen molar-refractivity contribution in [2.45, 2.75) is 39.5 Å². The van der Waals surface area contributed by atoms with Gasteiger partial charge in [-0.05, 0) is 44.1 Å². The minimum atomic E-state index is -3.27. The molecule has 1 aliphatic rings. The van der Waals surface area contributed by atoms with Crippen molar-refractivity contribution in [3.63, 3.8) is 0 Å². The zero-order chi connectivity index (χ0) is 13.6. The molecule has 1 saturated heterocycles. The summed E-state index contributed by atoms with van der Waals surface area (Å²) in [7, 11) is -3.27. The first-order valence-electron chi connectivity index (χ1n) is 6.90. The Bertz CT molecular complexity index is 332. The van der Waals surface area contributed by atoms with E-state index in [-0.39, 0.29) is 0 Å². The molecule has 18 heavy (non-hydrogen) atoms. The van der Waals surface area contributed by atoms with E-state index in [4.69, 9.17) is 5.73 Å². The molecule has 1 fully saturated rings. The van der Waals surface area contributed by atoms with Crippen LogP contribution in [0, 0.1) is 11.8 Å². The maximum absolute atomic E-state index is 12.0. The second-order valence-electron chi connectivity index (χ2n) is 5.49. The molecule has 0 aromatic rings. The predicted molar refractivity (Wildman–Crippen MR) is 74.3 cm³/mol. The number of nitrogens with zero attached hydrogens (tertiary/aromatic N) is 1. The Labute approximate surface area is 111 Å². The minimum Gasteiger partial charge on any atom is -0.330 e. The Hall–Kier alpha value is -0.170. The van der Waals surface area contributed by atoms with E-state index in [0.29, 0.717) is 38.0 Å². The van der Waals surface area contributed by atoms with E-state index in [0.717, 1.165) is 25.7 Å². The van der Waals surface area contributed by atoms with Crippen molar-refractivity contribution >= 4 is 10.2 Å². The highest BCUT2D eigenvalue weighted by molar-refractivity contribution is 7.87. The maximum atomic E-state index is 12.0. The van der Waals surface area contributed by atoms with Gasteiger partial charge in [-0.3, -0.25) is 0 Å². The average Bonchev–Trinajstić information content (AvgIpc) is 2.34. The van der Waals surface area contributed by atoms with Crippen molar-refractivity contribution in [3.8, 4) is 0 Å². The summed E-state index contributed by atoms with van der Waals surface area (Å²) in [6, 6.07) is 0. The Morgan fingerprint density at radius 2 is 2.22 bits per heavy atom. The van der Waals surface area contributed by atoms with E-state index in [2.05, 4.69) is 18.6 Å². The molecule has 2 atom stereocenters. The molecule has 108 valence electrons. The van der Waals surface area contributed by atoms with Crippen LogP contribution in [0.1, 0.15) is 39.5 Å². The monoisotopic (exact) mass is 277 g/mol. The first kappa shape index (κ1) is 15.9. The molecule has 1 aliphatic heterocycles. The normalized spacial score (nSPS) is 24.1. The lowest BCUT2D eigenvalue weighted by Gasteiger charge is -2.30. The van der Waals surface area contributed by atoms with Crippen LogP contribution in [0.4, 0.5) is 0 Å². The molecule has 3 N–H and O–H groups in total. The van der Waals surface area contributed by atoms with Gasteiger partial charge >= 0.3 is 0 Å². The van der Waals surface area contributed by atoms with E-state index in [1.807, 2.05) is 0 Å². The molecule has 0 bridgehead atoms. The van der Waals surface area contributed by atoms with Gasteiger partial charge in [-0.1, -0.05) is 13.8 Å². The van der Waals surface area contributed by atoms with Crippen LogP contribution < -0.4 is 10.5 Å². The summed E-state index contributed by atoms with van der Waals surface area (Å²) >= 11 is 0. The van der Waals surface area contributed by atoms with Gasteiger partial charge < -0.3 is 5.73 Å². The van der Waals surface area contributed by atoms with Crippen LogP contribution in [-0.2, 0) is 10.2 Å². The molecular weight excluding hydrogens is 250 g/mol. The molecule has 0 aromatic carbocycles. The van der Waals surface area contributed by atoms with Gasteiger partial charge in [0.05, 0.1) is 0 Å². The molecule has 0 radical (unpaired) electrons. The first-order chi connectivity index (χ1) is 8.45. The highest BCUT2D eigenvalue weighted by Gasteiger charge is 2.26. The number of hydrogen-bond donors (Lipinski definition) is 2. The van der Waals surface area contributed by atoms with Crippen LogP contribution >= 0.6 is 0 Å². The van der Waals surface area contributed by atoms with Crippen LogP contribution in [0.5, 0.6) is 0 Å². The van der Waals surface area contributed by atoms with Crippen LogP contribution in [0.15, 0.2) is 0 Å². The first-order valence-corrected chi connectivity index (χ1v) is 8.34. The molecule has 0 spiro atoms. The lowest BCUT2D eigenvalue weighted by Crippen LogP contribution is -2.45. The number of piperidine rings is 1.